The minimum absolute atomic E-state index is 0.0377. The van der Waals surface area contributed by atoms with Crippen LogP contribution in [-0.4, -0.2) is 16.7 Å². The number of carbonyl (C=O) groups is 2. The van der Waals surface area contributed by atoms with E-state index in [1.54, 1.807) is 36.4 Å². The van der Waals surface area contributed by atoms with E-state index in [0.29, 0.717) is 5.56 Å². The van der Waals surface area contributed by atoms with Crippen molar-refractivity contribution in [3.8, 4) is 5.75 Å². The van der Waals surface area contributed by atoms with Crippen molar-refractivity contribution in [3.63, 3.8) is 0 Å². The molecular formula is C14H9IO3. The summed E-state index contributed by atoms with van der Waals surface area (Å²) >= 11 is 2.02. The predicted molar refractivity (Wildman–Crippen MR) is 75.9 cm³/mol. The summed E-state index contributed by atoms with van der Waals surface area (Å²) in [5, 5.41) is 9.62. The molecule has 0 aliphatic rings. The molecule has 0 atom stereocenters. The van der Waals surface area contributed by atoms with Gasteiger partial charge in [-0.1, -0.05) is 30.3 Å². The maximum atomic E-state index is 12.0. The number of hydrogen-bond acceptors (Lipinski definition) is 3. The first kappa shape index (κ1) is 12.8. The van der Waals surface area contributed by atoms with E-state index in [0.717, 1.165) is 3.57 Å². The van der Waals surface area contributed by atoms with Gasteiger partial charge in [-0.2, -0.15) is 0 Å². The molecule has 2 rings (SSSR count). The highest BCUT2D eigenvalue weighted by Crippen LogP contribution is 2.21. The number of Topliss-reactive ketones (excluding diaryl/α,β-unsaturated/α-hetero) is 2. The number of halogens is 1. The summed E-state index contributed by atoms with van der Waals surface area (Å²) in [5.74, 6) is -1.49. The number of phenolic OH excluding ortho intramolecular Hbond substituents is 1. The van der Waals surface area contributed by atoms with Gasteiger partial charge in [0.05, 0.1) is 5.56 Å². The molecule has 0 aliphatic heterocycles. The van der Waals surface area contributed by atoms with Crippen molar-refractivity contribution in [2.45, 2.75) is 0 Å². The molecule has 0 radical (unpaired) electrons. The molecule has 0 aromatic heterocycles. The van der Waals surface area contributed by atoms with E-state index in [1.165, 1.54) is 12.1 Å². The summed E-state index contributed by atoms with van der Waals surface area (Å²) in [5.41, 5.74) is 0.358. The van der Waals surface area contributed by atoms with Crippen molar-refractivity contribution >= 4 is 34.2 Å². The standard InChI is InChI=1S/C14H9IO3/c15-10-6-7-12(16)11(8-10)14(18)13(17)9-4-2-1-3-5-9/h1-8,16H. The summed E-state index contributed by atoms with van der Waals surface area (Å²) < 4.78 is 0.787. The first-order valence-electron chi connectivity index (χ1n) is 5.22. The zero-order chi connectivity index (χ0) is 13.1. The third kappa shape index (κ3) is 2.59. The van der Waals surface area contributed by atoms with Crippen LogP contribution in [0.15, 0.2) is 48.5 Å². The Morgan fingerprint density at radius 3 is 2.28 bits per heavy atom. The molecule has 0 amide bonds. The lowest BCUT2D eigenvalue weighted by atomic mass is 10.0. The van der Waals surface area contributed by atoms with Crippen LogP contribution in [0, 0.1) is 3.57 Å². The number of ketones is 2. The summed E-state index contributed by atoms with van der Waals surface area (Å²) in [7, 11) is 0. The number of aromatic hydroxyl groups is 1. The van der Waals surface area contributed by atoms with Crippen LogP contribution in [0.4, 0.5) is 0 Å². The molecule has 0 heterocycles. The van der Waals surface area contributed by atoms with Crippen LogP contribution in [0.1, 0.15) is 20.7 Å². The average molecular weight is 352 g/mol. The van der Waals surface area contributed by atoms with E-state index in [2.05, 4.69) is 0 Å². The van der Waals surface area contributed by atoms with Gasteiger partial charge in [-0.15, -0.1) is 0 Å². The topological polar surface area (TPSA) is 54.4 Å². The van der Waals surface area contributed by atoms with Crippen molar-refractivity contribution < 1.29 is 14.7 Å². The van der Waals surface area contributed by atoms with Crippen LogP contribution in [0.25, 0.3) is 0 Å². The van der Waals surface area contributed by atoms with Gasteiger partial charge in [0.2, 0.25) is 11.6 Å². The van der Waals surface area contributed by atoms with Gasteiger partial charge in [-0.25, -0.2) is 0 Å². The van der Waals surface area contributed by atoms with Gasteiger partial charge in [-0.05, 0) is 40.8 Å². The van der Waals surface area contributed by atoms with Crippen LogP contribution in [0.2, 0.25) is 0 Å². The Labute approximate surface area is 118 Å². The zero-order valence-corrected chi connectivity index (χ0v) is 11.4. The quantitative estimate of drug-likeness (QED) is 0.525. The van der Waals surface area contributed by atoms with Gasteiger partial charge in [0.25, 0.3) is 0 Å². The molecule has 0 saturated carbocycles. The Morgan fingerprint density at radius 2 is 1.61 bits per heavy atom. The Bertz CT molecular complexity index is 606. The van der Waals surface area contributed by atoms with Crippen LogP contribution in [0.5, 0.6) is 5.75 Å². The lowest BCUT2D eigenvalue weighted by Gasteiger charge is -2.03. The van der Waals surface area contributed by atoms with E-state index in [-0.39, 0.29) is 11.3 Å². The van der Waals surface area contributed by atoms with Gasteiger partial charge >= 0.3 is 0 Å². The lowest BCUT2D eigenvalue weighted by Crippen LogP contribution is -2.14. The molecule has 0 bridgehead atoms. The molecule has 0 unspecified atom stereocenters. The highest BCUT2D eigenvalue weighted by atomic mass is 127. The maximum absolute atomic E-state index is 12.0. The minimum atomic E-state index is -0.697. The molecule has 0 spiro atoms. The maximum Gasteiger partial charge on any atom is 0.237 e. The van der Waals surface area contributed by atoms with E-state index < -0.39 is 11.6 Å². The van der Waals surface area contributed by atoms with Crippen molar-refractivity contribution in [2.24, 2.45) is 0 Å². The number of hydrogen-bond donors (Lipinski definition) is 1. The van der Waals surface area contributed by atoms with E-state index in [1.807, 2.05) is 22.6 Å². The smallest absolute Gasteiger partial charge is 0.237 e. The SMILES string of the molecule is O=C(C(=O)c1cc(I)ccc1O)c1ccccc1. The van der Waals surface area contributed by atoms with Crippen LogP contribution in [0.3, 0.4) is 0 Å². The third-order valence-corrected chi connectivity index (χ3v) is 3.12. The minimum Gasteiger partial charge on any atom is -0.507 e. The third-order valence-electron chi connectivity index (χ3n) is 2.45. The number of phenols is 1. The molecule has 1 N–H and O–H groups in total. The predicted octanol–water partition coefficient (Wildman–Crippen LogP) is 3.06. The molecule has 18 heavy (non-hydrogen) atoms. The van der Waals surface area contributed by atoms with E-state index in [4.69, 9.17) is 0 Å². The first-order valence-corrected chi connectivity index (χ1v) is 6.30. The molecular weight excluding hydrogens is 343 g/mol. The van der Waals surface area contributed by atoms with Crippen LogP contribution in [-0.2, 0) is 0 Å². The van der Waals surface area contributed by atoms with Crippen LogP contribution < -0.4 is 0 Å². The Kier molecular flexibility index (Phi) is 3.76. The molecule has 2 aromatic rings. The molecule has 0 saturated heterocycles. The molecule has 2 aromatic carbocycles. The Morgan fingerprint density at radius 1 is 0.944 bits per heavy atom. The van der Waals surface area contributed by atoms with Gasteiger partial charge in [-0.3, -0.25) is 9.59 Å². The summed E-state index contributed by atoms with van der Waals surface area (Å²) in [6.07, 6.45) is 0. The normalized spacial score (nSPS) is 10.1. The highest BCUT2D eigenvalue weighted by Gasteiger charge is 2.21. The van der Waals surface area contributed by atoms with Crippen molar-refractivity contribution in [1.82, 2.24) is 0 Å². The molecule has 3 nitrogen and oxygen atoms in total. The fourth-order valence-corrected chi connectivity index (χ4v) is 2.02. The summed E-state index contributed by atoms with van der Waals surface area (Å²) in [6, 6.07) is 12.9. The second kappa shape index (κ2) is 5.30. The fraction of sp³-hybridized carbons (Fsp3) is 0. The van der Waals surface area contributed by atoms with Crippen molar-refractivity contribution in [2.75, 3.05) is 0 Å². The average Bonchev–Trinajstić information content (AvgIpc) is 2.41. The molecule has 90 valence electrons. The number of benzene rings is 2. The Hall–Kier alpha value is -1.69. The van der Waals surface area contributed by atoms with Gasteiger partial charge in [0.15, 0.2) is 0 Å². The lowest BCUT2D eigenvalue weighted by molar-refractivity contribution is 0.0815. The second-order valence-corrected chi connectivity index (χ2v) is 4.93. The van der Waals surface area contributed by atoms with E-state index in [9.17, 15) is 14.7 Å². The summed E-state index contributed by atoms with van der Waals surface area (Å²) in [6.45, 7) is 0. The highest BCUT2D eigenvalue weighted by molar-refractivity contribution is 14.1. The number of rotatable bonds is 3. The summed E-state index contributed by atoms with van der Waals surface area (Å²) in [4.78, 5) is 24.0. The molecule has 0 aliphatic carbocycles. The zero-order valence-electron chi connectivity index (χ0n) is 9.26. The van der Waals surface area contributed by atoms with E-state index >= 15 is 0 Å². The van der Waals surface area contributed by atoms with Gasteiger partial charge < -0.3 is 5.11 Å². The molecule has 4 heteroatoms. The fourth-order valence-electron chi connectivity index (χ4n) is 1.53. The Balaban J connectivity index is 2.38. The number of carbonyl (C=O) groups excluding carboxylic acids is 2. The second-order valence-electron chi connectivity index (χ2n) is 3.69. The van der Waals surface area contributed by atoms with Crippen molar-refractivity contribution in [3.05, 3.63) is 63.2 Å². The van der Waals surface area contributed by atoms with Gasteiger partial charge in [0, 0.05) is 9.13 Å². The molecule has 0 fully saturated rings. The van der Waals surface area contributed by atoms with Crippen LogP contribution >= 0.6 is 22.6 Å². The largest absolute Gasteiger partial charge is 0.507 e. The first-order chi connectivity index (χ1) is 8.59. The monoisotopic (exact) mass is 352 g/mol. The van der Waals surface area contributed by atoms with Gasteiger partial charge in [0.1, 0.15) is 5.75 Å². The van der Waals surface area contributed by atoms with Crippen molar-refractivity contribution in [1.29, 1.82) is 0 Å².